The second kappa shape index (κ2) is 6.89. The molecule has 1 heterocycles. The summed E-state index contributed by atoms with van der Waals surface area (Å²) >= 11 is 0. The summed E-state index contributed by atoms with van der Waals surface area (Å²) in [6.45, 7) is 3.33. The van der Waals surface area contributed by atoms with Crippen LogP contribution < -0.4 is 0 Å². The highest BCUT2D eigenvalue weighted by Gasteiger charge is 2.45. The van der Waals surface area contributed by atoms with Crippen LogP contribution in [0.5, 0.6) is 0 Å². The number of aryl methyl sites for hydroxylation is 1. The van der Waals surface area contributed by atoms with E-state index in [0.717, 1.165) is 31.2 Å². The summed E-state index contributed by atoms with van der Waals surface area (Å²) in [6.07, 6.45) is 4.74. The van der Waals surface area contributed by atoms with E-state index in [2.05, 4.69) is 0 Å². The van der Waals surface area contributed by atoms with E-state index in [9.17, 15) is 8.42 Å². The predicted octanol–water partition coefficient (Wildman–Crippen LogP) is 3.02. The molecule has 128 valence electrons. The lowest BCUT2D eigenvalue weighted by Gasteiger charge is -2.39. The van der Waals surface area contributed by atoms with E-state index < -0.39 is 15.9 Å². The van der Waals surface area contributed by atoms with Crippen molar-refractivity contribution in [3.8, 4) is 0 Å². The van der Waals surface area contributed by atoms with Crippen LogP contribution in [0.25, 0.3) is 0 Å². The van der Waals surface area contributed by atoms with Gasteiger partial charge in [-0.1, -0.05) is 24.1 Å². The topological polar surface area (TPSA) is 61.8 Å². The third kappa shape index (κ3) is 3.76. The van der Waals surface area contributed by atoms with E-state index in [4.69, 9.17) is 13.7 Å². The lowest BCUT2D eigenvalue weighted by atomic mass is 9.81. The molecular weight excluding hydrogens is 316 g/mol. The van der Waals surface area contributed by atoms with Gasteiger partial charge in [0.2, 0.25) is 0 Å². The van der Waals surface area contributed by atoms with Crippen LogP contribution in [0.15, 0.2) is 29.2 Å². The predicted molar refractivity (Wildman–Crippen MR) is 85.5 cm³/mol. The molecule has 1 atom stereocenters. The van der Waals surface area contributed by atoms with Crippen molar-refractivity contribution in [2.45, 2.75) is 49.7 Å². The fourth-order valence-electron chi connectivity index (χ4n) is 3.47. The van der Waals surface area contributed by atoms with Gasteiger partial charge in [0.15, 0.2) is 5.79 Å². The summed E-state index contributed by atoms with van der Waals surface area (Å²) in [5.74, 6) is -0.304. The Balaban J connectivity index is 1.58. The van der Waals surface area contributed by atoms with Crippen molar-refractivity contribution in [2.24, 2.45) is 5.92 Å². The largest absolute Gasteiger partial charge is 0.347 e. The molecule has 1 spiro atoms. The van der Waals surface area contributed by atoms with Crippen LogP contribution in [0.4, 0.5) is 0 Å². The highest BCUT2D eigenvalue weighted by atomic mass is 32.2. The summed E-state index contributed by atoms with van der Waals surface area (Å²) < 4.78 is 41.3. The van der Waals surface area contributed by atoms with Gasteiger partial charge in [0.05, 0.1) is 24.7 Å². The van der Waals surface area contributed by atoms with Crippen molar-refractivity contribution in [1.82, 2.24) is 0 Å². The Hall–Kier alpha value is -0.950. The molecule has 1 saturated heterocycles. The molecule has 2 aliphatic rings. The maximum Gasteiger partial charge on any atom is 0.296 e. The average Bonchev–Trinajstić information content (AvgIpc) is 2.99. The first kappa shape index (κ1) is 16.9. The van der Waals surface area contributed by atoms with Crippen LogP contribution in [-0.4, -0.2) is 34.0 Å². The molecule has 0 bridgehead atoms. The minimum atomic E-state index is -3.69. The summed E-state index contributed by atoms with van der Waals surface area (Å²) in [7, 11) is -3.69. The first-order valence-electron chi connectivity index (χ1n) is 8.26. The third-order valence-corrected chi connectivity index (χ3v) is 6.07. The molecule has 6 heteroatoms. The molecule has 0 amide bonds. The van der Waals surface area contributed by atoms with E-state index in [1.165, 1.54) is 0 Å². The van der Waals surface area contributed by atoms with E-state index >= 15 is 0 Å². The lowest BCUT2D eigenvalue weighted by Crippen LogP contribution is -2.42. The van der Waals surface area contributed by atoms with Crippen LogP contribution in [-0.2, 0) is 23.8 Å². The zero-order chi connectivity index (χ0) is 16.3. The minimum absolute atomic E-state index is 0.162. The zero-order valence-electron chi connectivity index (χ0n) is 13.5. The highest BCUT2D eigenvalue weighted by Crippen LogP contribution is 2.42. The fraction of sp³-hybridized carbons (Fsp3) is 0.647. The standard InChI is InChI=1S/C17H24O5S/c1-14-5-7-16(8-6-14)23(18,19)22-11-9-15-4-2-3-10-17(15)20-12-13-21-17/h5-8,15H,2-4,9-13H2,1H3. The van der Waals surface area contributed by atoms with E-state index in [0.29, 0.717) is 19.6 Å². The Labute approximate surface area is 138 Å². The monoisotopic (exact) mass is 340 g/mol. The molecular formula is C17H24O5S. The highest BCUT2D eigenvalue weighted by molar-refractivity contribution is 7.86. The minimum Gasteiger partial charge on any atom is -0.347 e. The van der Waals surface area contributed by atoms with Crippen LogP contribution in [0, 0.1) is 12.8 Å². The summed E-state index contributed by atoms with van der Waals surface area (Å²) in [4.78, 5) is 0.204. The molecule has 1 saturated carbocycles. The SMILES string of the molecule is Cc1ccc(S(=O)(=O)OCCC2CCCCC23OCCO3)cc1. The molecule has 1 aliphatic carbocycles. The van der Waals surface area contributed by atoms with Crippen LogP contribution in [0.1, 0.15) is 37.7 Å². The van der Waals surface area contributed by atoms with Gasteiger partial charge in [-0.05, 0) is 38.3 Å². The molecule has 0 N–H and O–H groups in total. The number of hydrogen-bond acceptors (Lipinski definition) is 5. The maximum absolute atomic E-state index is 12.2. The number of benzene rings is 1. The third-order valence-electron chi connectivity index (χ3n) is 4.74. The van der Waals surface area contributed by atoms with Crippen molar-refractivity contribution in [3.05, 3.63) is 29.8 Å². The van der Waals surface area contributed by atoms with Gasteiger partial charge in [0.1, 0.15) is 0 Å². The first-order chi connectivity index (χ1) is 11.0. The van der Waals surface area contributed by atoms with Crippen molar-refractivity contribution < 1.29 is 22.1 Å². The zero-order valence-corrected chi connectivity index (χ0v) is 14.3. The summed E-state index contributed by atoms with van der Waals surface area (Å²) in [5, 5.41) is 0. The van der Waals surface area contributed by atoms with Gasteiger partial charge < -0.3 is 9.47 Å². The molecule has 23 heavy (non-hydrogen) atoms. The van der Waals surface area contributed by atoms with Crippen molar-refractivity contribution >= 4 is 10.1 Å². The molecule has 0 radical (unpaired) electrons. The molecule has 3 rings (SSSR count). The van der Waals surface area contributed by atoms with Crippen LogP contribution >= 0.6 is 0 Å². The Morgan fingerprint density at radius 3 is 2.57 bits per heavy atom. The molecule has 2 fully saturated rings. The summed E-state index contributed by atoms with van der Waals surface area (Å²) in [5.41, 5.74) is 1.02. The van der Waals surface area contributed by atoms with Gasteiger partial charge in [-0.3, -0.25) is 4.18 Å². The second-order valence-corrected chi connectivity index (χ2v) is 7.94. The van der Waals surface area contributed by atoms with E-state index in [-0.39, 0.29) is 17.4 Å². The molecule has 5 nitrogen and oxygen atoms in total. The van der Waals surface area contributed by atoms with Gasteiger partial charge >= 0.3 is 0 Å². The lowest BCUT2D eigenvalue weighted by molar-refractivity contribution is -0.214. The van der Waals surface area contributed by atoms with E-state index in [1.54, 1.807) is 24.3 Å². The van der Waals surface area contributed by atoms with Gasteiger partial charge in [-0.25, -0.2) is 0 Å². The first-order valence-corrected chi connectivity index (χ1v) is 9.67. The van der Waals surface area contributed by atoms with Gasteiger partial charge in [0.25, 0.3) is 10.1 Å². The van der Waals surface area contributed by atoms with Gasteiger partial charge in [-0.2, -0.15) is 8.42 Å². The van der Waals surface area contributed by atoms with E-state index in [1.807, 2.05) is 6.92 Å². The maximum atomic E-state index is 12.2. The summed E-state index contributed by atoms with van der Waals surface area (Å²) in [6, 6.07) is 6.70. The molecule has 1 unspecified atom stereocenters. The molecule has 1 aromatic carbocycles. The van der Waals surface area contributed by atoms with Crippen molar-refractivity contribution in [2.75, 3.05) is 19.8 Å². The van der Waals surface area contributed by atoms with Gasteiger partial charge in [0, 0.05) is 12.3 Å². The fourth-order valence-corrected chi connectivity index (χ4v) is 4.40. The Kier molecular flexibility index (Phi) is 5.06. The number of ether oxygens (including phenoxy) is 2. The van der Waals surface area contributed by atoms with Crippen LogP contribution in [0.2, 0.25) is 0 Å². The van der Waals surface area contributed by atoms with Gasteiger partial charge in [-0.15, -0.1) is 0 Å². The second-order valence-electron chi connectivity index (χ2n) is 6.33. The normalized spacial score (nSPS) is 24.1. The Morgan fingerprint density at radius 1 is 1.17 bits per heavy atom. The Bertz CT molecular complexity index is 617. The van der Waals surface area contributed by atoms with Crippen molar-refractivity contribution in [3.63, 3.8) is 0 Å². The smallest absolute Gasteiger partial charge is 0.296 e. The quantitative estimate of drug-likeness (QED) is 0.771. The van der Waals surface area contributed by atoms with Crippen molar-refractivity contribution in [1.29, 1.82) is 0 Å². The molecule has 1 aliphatic heterocycles. The Morgan fingerprint density at radius 2 is 1.87 bits per heavy atom. The molecule has 1 aromatic rings. The molecule has 0 aromatic heterocycles. The average molecular weight is 340 g/mol. The number of hydrogen-bond donors (Lipinski definition) is 0. The number of rotatable bonds is 5. The van der Waals surface area contributed by atoms with Crippen LogP contribution in [0.3, 0.4) is 0 Å².